The zero-order valence-corrected chi connectivity index (χ0v) is 10.3. The largest absolute Gasteiger partial charge is 0.490 e. The summed E-state index contributed by atoms with van der Waals surface area (Å²) in [5.74, 6) is -2.46. The lowest BCUT2D eigenvalue weighted by molar-refractivity contribution is -0.387. The van der Waals surface area contributed by atoms with Crippen molar-refractivity contribution in [1.29, 1.82) is 0 Å². The number of halogens is 2. The lowest BCUT2D eigenvalue weighted by atomic mass is 10.2. The Bertz CT molecular complexity index is 491. The Morgan fingerprint density at radius 2 is 2.00 bits per heavy atom. The minimum atomic E-state index is -1.15. The first-order chi connectivity index (χ1) is 8.91. The van der Waals surface area contributed by atoms with E-state index < -0.39 is 22.2 Å². The molecule has 5 nitrogen and oxygen atoms in total. The number of nitrogens with zero attached hydrogens (tertiary/aromatic N) is 1. The SMILES string of the molecule is CC(=O)CCCCOc1cc(F)c([N+](=O)[O-])cc1F. The highest BCUT2D eigenvalue weighted by molar-refractivity contribution is 5.75. The van der Waals surface area contributed by atoms with E-state index in [2.05, 4.69) is 0 Å². The average Bonchev–Trinajstić information content (AvgIpc) is 2.31. The van der Waals surface area contributed by atoms with Crippen LogP contribution in [0.1, 0.15) is 26.2 Å². The van der Waals surface area contributed by atoms with Crippen molar-refractivity contribution in [1.82, 2.24) is 0 Å². The van der Waals surface area contributed by atoms with Crippen molar-refractivity contribution in [2.24, 2.45) is 0 Å². The number of ether oxygens (including phenoxy) is 1. The van der Waals surface area contributed by atoms with Gasteiger partial charge < -0.3 is 9.53 Å². The molecular weight excluding hydrogens is 260 g/mol. The van der Waals surface area contributed by atoms with Crippen LogP contribution in [0.4, 0.5) is 14.5 Å². The molecule has 0 atom stereocenters. The summed E-state index contributed by atoms with van der Waals surface area (Å²) in [6.45, 7) is 1.58. The molecule has 1 aromatic rings. The first-order valence-corrected chi connectivity index (χ1v) is 5.67. The van der Waals surface area contributed by atoms with Crippen LogP contribution in [-0.2, 0) is 4.79 Å². The standard InChI is InChI=1S/C12H13F2NO4/c1-8(16)4-2-3-5-19-12-7-9(13)11(15(17)18)6-10(12)14/h6-7H,2-5H2,1H3. The highest BCUT2D eigenvalue weighted by Gasteiger charge is 2.19. The van der Waals surface area contributed by atoms with Gasteiger partial charge in [-0.15, -0.1) is 0 Å². The molecule has 0 unspecified atom stereocenters. The van der Waals surface area contributed by atoms with E-state index in [4.69, 9.17) is 4.74 Å². The van der Waals surface area contributed by atoms with E-state index in [1.165, 1.54) is 6.92 Å². The molecule has 0 aromatic heterocycles. The summed E-state index contributed by atoms with van der Waals surface area (Å²) in [6, 6.07) is 1.14. The van der Waals surface area contributed by atoms with Gasteiger partial charge >= 0.3 is 5.69 Å². The second kappa shape index (κ2) is 6.77. The van der Waals surface area contributed by atoms with Gasteiger partial charge in [-0.05, 0) is 19.8 Å². The summed E-state index contributed by atoms with van der Waals surface area (Å²) in [4.78, 5) is 20.0. The molecule has 0 radical (unpaired) electrons. The molecule has 1 rings (SSSR count). The number of unbranched alkanes of at least 4 members (excludes halogenated alkanes) is 1. The minimum absolute atomic E-state index is 0.0487. The smallest absolute Gasteiger partial charge is 0.307 e. The van der Waals surface area contributed by atoms with Gasteiger partial charge in [0.15, 0.2) is 11.6 Å². The third-order valence-corrected chi connectivity index (χ3v) is 2.38. The van der Waals surface area contributed by atoms with Crippen LogP contribution in [0.15, 0.2) is 12.1 Å². The van der Waals surface area contributed by atoms with Crippen molar-refractivity contribution in [3.63, 3.8) is 0 Å². The lowest BCUT2D eigenvalue weighted by Crippen LogP contribution is -2.02. The first-order valence-electron chi connectivity index (χ1n) is 5.67. The normalized spacial score (nSPS) is 10.3. The van der Waals surface area contributed by atoms with Crippen LogP contribution in [0.2, 0.25) is 0 Å². The molecule has 0 spiro atoms. The molecule has 0 fully saturated rings. The number of carbonyl (C=O) groups excluding carboxylic acids is 1. The van der Waals surface area contributed by atoms with Gasteiger partial charge in [-0.3, -0.25) is 10.1 Å². The third kappa shape index (κ3) is 4.61. The maximum absolute atomic E-state index is 13.4. The first kappa shape index (κ1) is 15.0. The van der Waals surface area contributed by atoms with Crippen molar-refractivity contribution in [3.05, 3.63) is 33.9 Å². The Balaban J connectivity index is 2.57. The summed E-state index contributed by atoms with van der Waals surface area (Å²) in [5.41, 5.74) is -0.929. The zero-order chi connectivity index (χ0) is 14.4. The van der Waals surface area contributed by atoms with Crippen molar-refractivity contribution >= 4 is 11.5 Å². The summed E-state index contributed by atoms with van der Waals surface area (Å²) in [6.07, 6.45) is 1.50. The maximum atomic E-state index is 13.4. The summed E-state index contributed by atoms with van der Waals surface area (Å²) < 4.78 is 31.6. The molecule has 0 aliphatic heterocycles. The van der Waals surface area contributed by atoms with E-state index in [1.54, 1.807) is 0 Å². The Labute approximate surface area is 108 Å². The Morgan fingerprint density at radius 1 is 1.32 bits per heavy atom. The number of carbonyl (C=O) groups is 1. The van der Waals surface area contributed by atoms with Gasteiger partial charge in [0.25, 0.3) is 0 Å². The van der Waals surface area contributed by atoms with E-state index in [0.29, 0.717) is 31.4 Å². The molecule has 104 valence electrons. The zero-order valence-electron chi connectivity index (χ0n) is 10.3. The van der Waals surface area contributed by atoms with Crippen LogP contribution in [0.25, 0.3) is 0 Å². The average molecular weight is 273 g/mol. The van der Waals surface area contributed by atoms with Crippen LogP contribution in [0, 0.1) is 21.7 Å². The van der Waals surface area contributed by atoms with E-state index in [-0.39, 0.29) is 18.1 Å². The van der Waals surface area contributed by atoms with Gasteiger partial charge in [0.05, 0.1) is 17.6 Å². The van der Waals surface area contributed by atoms with E-state index >= 15 is 0 Å². The number of hydrogen-bond acceptors (Lipinski definition) is 4. The molecule has 0 amide bonds. The highest BCUT2D eigenvalue weighted by atomic mass is 19.1. The number of benzene rings is 1. The van der Waals surface area contributed by atoms with E-state index in [9.17, 15) is 23.7 Å². The van der Waals surface area contributed by atoms with Crippen molar-refractivity contribution < 1.29 is 23.2 Å². The molecule has 0 aliphatic carbocycles. The number of ketones is 1. The fourth-order valence-corrected chi connectivity index (χ4v) is 1.43. The van der Waals surface area contributed by atoms with Crippen molar-refractivity contribution in [3.8, 4) is 5.75 Å². The molecule has 7 heteroatoms. The lowest BCUT2D eigenvalue weighted by Gasteiger charge is -2.07. The fourth-order valence-electron chi connectivity index (χ4n) is 1.43. The maximum Gasteiger partial charge on any atom is 0.307 e. The molecule has 1 aromatic carbocycles. The van der Waals surface area contributed by atoms with Gasteiger partial charge in [0.2, 0.25) is 5.82 Å². The molecule has 0 bridgehead atoms. The second-order valence-corrected chi connectivity index (χ2v) is 4.00. The van der Waals surface area contributed by atoms with Gasteiger partial charge in [0, 0.05) is 12.5 Å². The van der Waals surface area contributed by atoms with Crippen molar-refractivity contribution in [2.75, 3.05) is 6.61 Å². The van der Waals surface area contributed by atoms with Gasteiger partial charge in [-0.1, -0.05) is 0 Å². The van der Waals surface area contributed by atoms with Gasteiger partial charge in [0.1, 0.15) is 5.78 Å². The Kier molecular flexibility index (Phi) is 5.35. The van der Waals surface area contributed by atoms with Crippen LogP contribution < -0.4 is 4.74 Å². The number of hydrogen-bond donors (Lipinski definition) is 0. The summed E-state index contributed by atoms with van der Waals surface area (Å²) in [5, 5.41) is 10.4. The topological polar surface area (TPSA) is 69.4 Å². The Morgan fingerprint density at radius 3 is 2.58 bits per heavy atom. The predicted molar refractivity (Wildman–Crippen MR) is 63.0 cm³/mol. The number of Topliss-reactive ketones (excluding diaryl/α,β-unsaturated/α-hetero) is 1. The molecule has 0 saturated carbocycles. The monoisotopic (exact) mass is 273 g/mol. The number of nitro benzene ring substituents is 1. The van der Waals surface area contributed by atoms with E-state index in [0.717, 1.165) is 0 Å². The Hall–Kier alpha value is -2.05. The van der Waals surface area contributed by atoms with Crippen LogP contribution in [-0.4, -0.2) is 17.3 Å². The fraction of sp³-hybridized carbons (Fsp3) is 0.417. The quantitative estimate of drug-likeness (QED) is 0.435. The molecule has 19 heavy (non-hydrogen) atoms. The molecule has 0 aliphatic rings. The molecule has 0 heterocycles. The van der Waals surface area contributed by atoms with Crippen molar-refractivity contribution in [2.45, 2.75) is 26.2 Å². The third-order valence-electron chi connectivity index (χ3n) is 2.38. The summed E-state index contributed by atoms with van der Waals surface area (Å²) in [7, 11) is 0. The van der Waals surface area contributed by atoms with Crippen LogP contribution in [0.3, 0.4) is 0 Å². The molecule has 0 N–H and O–H groups in total. The predicted octanol–water partition coefficient (Wildman–Crippen LogP) is 3.01. The van der Waals surface area contributed by atoms with Gasteiger partial charge in [-0.25, -0.2) is 4.39 Å². The minimum Gasteiger partial charge on any atom is -0.490 e. The summed E-state index contributed by atoms with van der Waals surface area (Å²) >= 11 is 0. The van der Waals surface area contributed by atoms with Gasteiger partial charge in [-0.2, -0.15) is 4.39 Å². The second-order valence-electron chi connectivity index (χ2n) is 4.00. The van der Waals surface area contributed by atoms with Crippen LogP contribution >= 0.6 is 0 Å². The molecule has 0 saturated heterocycles. The number of rotatable bonds is 7. The number of nitro groups is 1. The highest BCUT2D eigenvalue weighted by Crippen LogP contribution is 2.26. The van der Waals surface area contributed by atoms with Crippen LogP contribution in [0.5, 0.6) is 5.75 Å². The van der Waals surface area contributed by atoms with E-state index in [1.807, 2.05) is 0 Å². The molecular formula is C12H13F2NO4.